The van der Waals surface area contributed by atoms with Crippen LogP contribution in [0.2, 0.25) is 0 Å². The standard InChI is InChI=1S/C36H44N4O7/c1-22-36(2,35(44)47-5)29(28(21-38-22)34(43)46-4)25-10-6-11-26(19-25)39-31-30(32(41)33(31)42)37-15-8-16-40-17-13-23(14-18-40)24-9-7-12-27(20-24)45-3/h6-7,9-12,19-23,29,37-39H,8,13-18H2,1-5H3. The zero-order valence-corrected chi connectivity index (χ0v) is 27.7. The lowest BCUT2D eigenvalue weighted by molar-refractivity contribution is -0.155. The first-order valence-electron chi connectivity index (χ1n) is 16.1. The molecule has 0 bridgehead atoms. The van der Waals surface area contributed by atoms with Gasteiger partial charge in [-0.1, -0.05) is 24.3 Å². The molecule has 3 aromatic carbocycles. The molecule has 1 fully saturated rings. The van der Waals surface area contributed by atoms with Crippen molar-refractivity contribution in [1.29, 1.82) is 0 Å². The molecule has 5 rings (SSSR count). The highest BCUT2D eigenvalue weighted by Crippen LogP contribution is 2.47. The summed E-state index contributed by atoms with van der Waals surface area (Å²) in [6.45, 7) is 7.04. The summed E-state index contributed by atoms with van der Waals surface area (Å²) < 4.78 is 15.6. The van der Waals surface area contributed by atoms with Crippen LogP contribution in [-0.2, 0) is 19.1 Å². The van der Waals surface area contributed by atoms with E-state index in [0.29, 0.717) is 23.7 Å². The molecule has 2 heterocycles. The van der Waals surface area contributed by atoms with Gasteiger partial charge in [-0.05, 0) is 94.1 Å². The molecule has 11 heteroatoms. The molecule has 2 aliphatic heterocycles. The van der Waals surface area contributed by atoms with Gasteiger partial charge in [-0.2, -0.15) is 0 Å². The van der Waals surface area contributed by atoms with Crippen molar-refractivity contribution in [2.75, 3.05) is 58.1 Å². The van der Waals surface area contributed by atoms with E-state index in [1.165, 1.54) is 19.8 Å². The number of nitrogens with zero attached hydrogens (tertiary/aromatic N) is 1. The van der Waals surface area contributed by atoms with Gasteiger partial charge in [0.25, 0.3) is 10.9 Å². The van der Waals surface area contributed by atoms with E-state index in [0.717, 1.165) is 44.6 Å². The number of benzene rings is 2. The zero-order chi connectivity index (χ0) is 33.7. The molecule has 3 aromatic rings. The molecule has 0 amide bonds. The maximum atomic E-state index is 13.1. The van der Waals surface area contributed by atoms with Crippen molar-refractivity contribution in [2.45, 2.75) is 51.0 Å². The van der Waals surface area contributed by atoms with Gasteiger partial charge in [0.15, 0.2) is 0 Å². The number of ether oxygens (including phenoxy) is 3. The van der Waals surface area contributed by atoms with Gasteiger partial charge >= 0.3 is 11.9 Å². The van der Waals surface area contributed by atoms with E-state index in [9.17, 15) is 19.2 Å². The van der Waals surface area contributed by atoms with Crippen LogP contribution in [0.4, 0.5) is 17.1 Å². The Balaban J connectivity index is 1.22. The quantitative estimate of drug-likeness (QED) is 0.150. The Morgan fingerprint density at radius 1 is 0.957 bits per heavy atom. The SMILES string of the molecule is COC(=O)C1=CNC(C)C(C)(C(=O)OC)C1c1cccc(Nc2c(NCCCN3CCC(c4cccc(OC)c4)CC3)c(=O)c2=O)c1. The number of likely N-dealkylation sites (tertiary alicyclic amines) is 1. The minimum absolute atomic E-state index is 0.199. The molecule has 11 nitrogen and oxygen atoms in total. The molecule has 3 unspecified atom stereocenters. The van der Waals surface area contributed by atoms with Crippen molar-refractivity contribution < 1.29 is 23.8 Å². The van der Waals surface area contributed by atoms with Crippen LogP contribution < -0.4 is 31.5 Å². The second-order valence-electron chi connectivity index (χ2n) is 12.5. The predicted octanol–water partition coefficient (Wildman–Crippen LogP) is 4.03. The predicted molar refractivity (Wildman–Crippen MR) is 181 cm³/mol. The summed E-state index contributed by atoms with van der Waals surface area (Å²) in [5.41, 5.74) is 0.953. The van der Waals surface area contributed by atoms with Crippen molar-refractivity contribution in [2.24, 2.45) is 5.41 Å². The van der Waals surface area contributed by atoms with Gasteiger partial charge < -0.3 is 35.1 Å². The maximum absolute atomic E-state index is 13.1. The monoisotopic (exact) mass is 644 g/mol. The van der Waals surface area contributed by atoms with Crippen LogP contribution >= 0.6 is 0 Å². The summed E-state index contributed by atoms with van der Waals surface area (Å²) in [6.07, 6.45) is 4.56. The third-order valence-corrected chi connectivity index (χ3v) is 9.85. The smallest absolute Gasteiger partial charge is 0.335 e. The number of anilines is 3. The molecule has 1 saturated heterocycles. The Morgan fingerprint density at radius 3 is 2.36 bits per heavy atom. The van der Waals surface area contributed by atoms with Gasteiger partial charge in [0, 0.05) is 30.4 Å². The molecule has 0 aromatic heterocycles. The maximum Gasteiger partial charge on any atom is 0.335 e. The lowest BCUT2D eigenvalue weighted by Crippen LogP contribution is -2.53. The van der Waals surface area contributed by atoms with E-state index in [1.54, 1.807) is 38.4 Å². The summed E-state index contributed by atoms with van der Waals surface area (Å²) in [4.78, 5) is 53.5. The molecule has 0 spiro atoms. The summed E-state index contributed by atoms with van der Waals surface area (Å²) in [7, 11) is 4.30. The molecule has 3 N–H and O–H groups in total. The van der Waals surface area contributed by atoms with E-state index in [-0.39, 0.29) is 23.0 Å². The zero-order valence-electron chi connectivity index (χ0n) is 27.7. The number of esters is 2. The molecule has 0 radical (unpaired) electrons. The molecule has 47 heavy (non-hydrogen) atoms. The van der Waals surface area contributed by atoms with Gasteiger partial charge in [0.1, 0.15) is 17.1 Å². The van der Waals surface area contributed by atoms with E-state index in [1.807, 2.05) is 25.1 Å². The number of methoxy groups -OCH3 is 3. The Morgan fingerprint density at radius 2 is 1.66 bits per heavy atom. The van der Waals surface area contributed by atoms with Gasteiger partial charge in [-0.15, -0.1) is 0 Å². The number of carbonyl (C=O) groups excluding carboxylic acids is 2. The number of rotatable bonds is 12. The van der Waals surface area contributed by atoms with Crippen molar-refractivity contribution in [3.8, 4) is 5.75 Å². The fourth-order valence-electron chi connectivity index (χ4n) is 6.90. The first-order valence-corrected chi connectivity index (χ1v) is 16.1. The third kappa shape index (κ3) is 6.76. The largest absolute Gasteiger partial charge is 0.497 e. The lowest BCUT2D eigenvalue weighted by atomic mass is 9.64. The van der Waals surface area contributed by atoms with Crippen molar-refractivity contribution >= 4 is 29.0 Å². The number of nitrogens with one attached hydrogen (secondary N) is 3. The average molecular weight is 645 g/mol. The van der Waals surface area contributed by atoms with E-state index in [2.05, 4.69) is 33.0 Å². The molecule has 2 aliphatic rings. The van der Waals surface area contributed by atoms with Gasteiger partial charge in [-0.25, -0.2) is 4.79 Å². The molecular formula is C36H44N4O7. The Bertz CT molecular complexity index is 1700. The fourth-order valence-corrected chi connectivity index (χ4v) is 6.90. The molecular weight excluding hydrogens is 600 g/mol. The van der Waals surface area contributed by atoms with Crippen LogP contribution in [0.5, 0.6) is 5.75 Å². The van der Waals surface area contributed by atoms with Crippen molar-refractivity contribution in [3.63, 3.8) is 0 Å². The summed E-state index contributed by atoms with van der Waals surface area (Å²) in [5.74, 6) is -0.348. The minimum atomic E-state index is -1.15. The Labute approximate surface area is 275 Å². The number of carbonyl (C=O) groups is 2. The van der Waals surface area contributed by atoms with Crippen LogP contribution in [-0.4, -0.2) is 70.4 Å². The average Bonchev–Trinajstić information content (AvgIpc) is 3.11. The van der Waals surface area contributed by atoms with E-state index < -0.39 is 34.1 Å². The molecule has 0 aliphatic carbocycles. The first-order chi connectivity index (χ1) is 22.6. The van der Waals surface area contributed by atoms with Gasteiger partial charge in [0.05, 0.1) is 32.3 Å². The second-order valence-corrected chi connectivity index (χ2v) is 12.5. The van der Waals surface area contributed by atoms with E-state index in [4.69, 9.17) is 14.2 Å². The highest BCUT2D eigenvalue weighted by molar-refractivity contribution is 5.93. The van der Waals surface area contributed by atoms with Gasteiger partial charge in [0.2, 0.25) is 0 Å². The molecule has 3 atom stereocenters. The van der Waals surface area contributed by atoms with Crippen LogP contribution in [0, 0.1) is 5.41 Å². The number of hydrogen-bond acceptors (Lipinski definition) is 11. The summed E-state index contributed by atoms with van der Waals surface area (Å²) in [6, 6.07) is 15.1. The van der Waals surface area contributed by atoms with Crippen LogP contribution in [0.25, 0.3) is 0 Å². The van der Waals surface area contributed by atoms with Crippen molar-refractivity contribution in [1.82, 2.24) is 10.2 Å². The van der Waals surface area contributed by atoms with E-state index >= 15 is 0 Å². The Kier molecular flexibility index (Phi) is 10.3. The highest BCUT2D eigenvalue weighted by Gasteiger charge is 2.52. The fraction of sp³-hybridized carbons (Fsp3) is 0.444. The summed E-state index contributed by atoms with van der Waals surface area (Å²) in [5, 5.41) is 9.39. The molecule has 250 valence electrons. The summed E-state index contributed by atoms with van der Waals surface area (Å²) >= 11 is 0. The molecule has 0 saturated carbocycles. The third-order valence-electron chi connectivity index (χ3n) is 9.85. The number of piperidine rings is 1. The van der Waals surface area contributed by atoms with Crippen molar-refractivity contribution in [3.05, 3.63) is 91.9 Å². The lowest BCUT2D eigenvalue weighted by Gasteiger charge is -2.43. The van der Waals surface area contributed by atoms with Crippen LogP contribution in [0.15, 0.2) is 69.9 Å². The highest BCUT2D eigenvalue weighted by atomic mass is 16.5. The first kappa shape index (κ1) is 33.7. The normalized spacial score (nSPS) is 21.8. The van der Waals surface area contributed by atoms with Crippen LogP contribution in [0.3, 0.4) is 0 Å². The van der Waals surface area contributed by atoms with Crippen LogP contribution in [0.1, 0.15) is 56.1 Å². The van der Waals surface area contributed by atoms with Gasteiger partial charge in [-0.3, -0.25) is 14.4 Å². The second kappa shape index (κ2) is 14.4. The Hall–Kier alpha value is -4.64. The number of hydrogen-bond donors (Lipinski definition) is 3. The minimum Gasteiger partial charge on any atom is -0.497 e. The topological polar surface area (TPSA) is 135 Å².